The van der Waals surface area contributed by atoms with Crippen molar-refractivity contribution in [2.75, 3.05) is 13.1 Å². The zero-order valence-corrected chi connectivity index (χ0v) is 13.8. The summed E-state index contributed by atoms with van der Waals surface area (Å²) in [5.41, 5.74) is 5.00. The molecule has 0 radical (unpaired) electrons. The van der Waals surface area contributed by atoms with Gasteiger partial charge in [0.1, 0.15) is 0 Å². The van der Waals surface area contributed by atoms with Crippen molar-refractivity contribution in [3.8, 4) is 0 Å². The maximum Gasteiger partial charge on any atom is 0.155 e. The molecule has 4 heterocycles. The van der Waals surface area contributed by atoms with Crippen molar-refractivity contribution in [3.63, 3.8) is 0 Å². The molecule has 0 saturated carbocycles. The van der Waals surface area contributed by atoms with Crippen molar-refractivity contribution in [2.45, 2.75) is 44.7 Å². The van der Waals surface area contributed by atoms with Gasteiger partial charge in [0.25, 0.3) is 0 Å². The van der Waals surface area contributed by atoms with Gasteiger partial charge in [0.05, 0.1) is 30.1 Å². The molecule has 1 aliphatic carbocycles. The lowest BCUT2D eigenvalue weighted by atomic mass is 10.0. The van der Waals surface area contributed by atoms with Crippen LogP contribution in [-0.4, -0.2) is 41.9 Å². The van der Waals surface area contributed by atoms with Crippen LogP contribution in [0.5, 0.6) is 0 Å². The van der Waals surface area contributed by atoms with Crippen molar-refractivity contribution < 1.29 is 0 Å². The minimum absolute atomic E-state index is 0.570. The van der Waals surface area contributed by atoms with Crippen LogP contribution in [0.4, 0.5) is 0 Å². The molecule has 0 bridgehead atoms. The molecule has 1 aliphatic heterocycles. The number of aromatic nitrogens is 5. The number of rotatable bonds is 3. The van der Waals surface area contributed by atoms with E-state index in [0.29, 0.717) is 6.04 Å². The summed E-state index contributed by atoms with van der Waals surface area (Å²) >= 11 is 0. The summed E-state index contributed by atoms with van der Waals surface area (Å²) in [5, 5.41) is 0. The zero-order valence-electron chi connectivity index (χ0n) is 13.8. The second-order valence-corrected chi connectivity index (χ2v) is 6.98. The molecule has 124 valence electrons. The van der Waals surface area contributed by atoms with Crippen LogP contribution in [0.25, 0.3) is 5.65 Å². The van der Waals surface area contributed by atoms with E-state index < -0.39 is 0 Å². The van der Waals surface area contributed by atoms with Crippen LogP contribution in [0.15, 0.2) is 31.1 Å². The summed E-state index contributed by atoms with van der Waals surface area (Å²) in [5.74, 6) is 0. The van der Waals surface area contributed by atoms with E-state index in [2.05, 4.69) is 35.1 Å². The van der Waals surface area contributed by atoms with Crippen LogP contribution in [-0.2, 0) is 19.4 Å². The first kappa shape index (κ1) is 14.2. The van der Waals surface area contributed by atoms with Gasteiger partial charge >= 0.3 is 0 Å². The first-order valence-electron chi connectivity index (χ1n) is 8.91. The van der Waals surface area contributed by atoms with E-state index in [0.717, 1.165) is 31.7 Å². The number of aryl methyl sites for hydroxylation is 1. The Morgan fingerprint density at radius 1 is 1.12 bits per heavy atom. The fourth-order valence-electron chi connectivity index (χ4n) is 4.23. The second-order valence-electron chi connectivity index (χ2n) is 6.98. The molecule has 2 aliphatic rings. The molecular weight excluding hydrogens is 300 g/mol. The minimum atomic E-state index is 0.570. The Morgan fingerprint density at radius 3 is 3.08 bits per heavy atom. The molecule has 5 rings (SSSR count). The summed E-state index contributed by atoms with van der Waals surface area (Å²) in [7, 11) is 0. The van der Waals surface area contributed by atoms with Crippen LogP contribution >= 0.6 is 0 Å². The molecular formula is C18H22N6. The largest absolute Gasteiger partial charge is 0.330 e. The van der Waals surface area contributed by atoms with Crippen molar-refractivity contribution in [2.24, 2.45) is 0 Å². The van der Waals surface area contributed by atoms with Gasteiger partial charge in [0, 0.05) is 43.8 Å². The van der Waals surface area contributed by atoms with E-state index in [4.69, 9.17) is 0 Å². The van der Waals surface area contributed by atoms with Crippen LogP contribution in [0.2, 0.25) is 0 Å². The molecule has 0 spiro atoms. The van der Waals surface area contributed by atoms with Crippen molar-refractivity contribution in [1.29, 1.82) is 0 Å². The Labute approximate surface area is 141 Å². The molecule has 1 atom stereocenters. The number of hydrogen-bond donors (Lipinski definition) is 0. The van der Waals surface area contributed by atoms with E-state index in [1.165, 1.54) is 42.8 Å². The van der Waals surface area contributed by atoms with Crippen LogP contribution in [0.3, 0.4) is 0 Å². The molecule has 6 heteroatoms. The Bertz CT molecular complexity index is 863. The normalized spacial score (nSPS) is 21.4. The maximum absolute atomic E-state index is 4.67. The predicted octanol–water partition coefficient (Wildman–Crippen LogP) is 2.25. The van der Waals surface area contributed by atoms with Crippen molar-refractivity contribution in [3.05, 3.63) is 48.2 Å². The molecule has 3 aromatic rings. The molecule has 0 unspecified atom stereocenters. The van der Waals surface area contributed by atoms with Gasteiger partial charge in [0.15, 0.2) is 5.65 Å². The molecule has 3 aromatic heterocycles. The Kier molecular flexibility index (Phi) is 3.36. The van der Waals surface area contributed by atoms with Crippen LogP contribution < -0.4 is 0 Å². The monoisotopic (exact) mass is 322 g/mol. The van der Waals surface area contributed by atoms with Gasteiger partial charge in [-0.3, -0.25) is 14.3 Å². The fourth-order valence-corrected chi connectivity index (χ4v) is 4.23. The first-order chi connectivity index (χ1) is 11.9. The summed E-state index contributed by atoms with van der Waals surface area (Å²) < 4.78 is 4.60. The fraction of sp³-hybridized carbons (Fsp3) is 0.500. The summed E-state index contributed by atoms with van der Waals surface area (Å²) in [6, 6.07) is 0.570. The van der Waals surface area contributed by atoms with Gasteiger partial charge in [-0.25, -0.2) is 9.97 Å². The van der Waals surface area contributed by atoms with E-state index in [-0.39, 0.29) is 0 Å². The quantitative estimate of drug-likeness (QED) is 0.742. The number of fused-ring (bicyclic) bond motifs is 2. The number of imidazole rings is 2. The molecule has 0 aromatic carbocycles. The highest BCUT2D eigenvalue weighted by molar-refractivity contribution is 5.36. The van der Waals surface area contributed by atoms with Crippen molar-refractivity contribution in [1.82, 2.24) is 28.8 Å². The third kappa shape index (κ3) is 2.33. The van der Waals surface area contributed by atoms with Gasteiger partial charge < -0.3 is 4.57 Å². The summed E-state index contributed by atoms with van der Waals surface area (Å²) in [6.45, 7) is 3.18. The van der Waals surface area contributed by atoms with Gasteiger partial charge in [0.2, 0.25) is 0 Å². The van der Waals surface area contributed by atoms with Crippen LogP contribution in [0.1, 0.15) is 42.4 Å². The topological polar surface area (TPSA) is 51.2 Å². The van der Waals surface area contributed by atoms with E-state index in [1.807, 2.05) is 24.8 Å². The third-order valence-corrected chi connectivity index (χ3v) is 5.48. The average Bonchev–Trinajstić information content (AvgIpc) is 3.34. The zero-order chi connectivity index (χ0) is 15.9. The number of likely N-dealkylation sites (tertiary alicyclic amines) is 1. The van der Waals surface area contributed by atoms with Gasteiger partial charge in [-0.1, -0.05) is 0 Å². The van der Waals surface area contributed by atoms with Crippen LogP contribution in [0, 0.1) is 0 Å². The Hall–Kier alpha value is -2.21. The van der Waals surface area contributed by atoms with E-state index in [9.17, 15) is 0 Å². The summed E-state index contributed by atoms with van der Waals surface area (Å²) in [4.78, 5) is 15.8. The van der Waals surface area contributed by atoms with Crippen molar-refractivity contribution >= 4 is 5.65 Å². The Balaban J connectivity index is 1.33. The lowest BCUT2D eigenvalue weighted by Crippen LogP contribution is -2.22. The highest BCUT2D eigenvalue weighted by Gasteiger charge is 2.27. The second kappa shape index (κ2) is 5.70. The molecule has 24 heavy (non-hydrogen) atoms. The highest BCUT2D eigenvalue weighted by Crippen LogP contribution is 2.28. The number of nitrogens with zero attached hydrogens (tertiary/aromatic N) is 6. The third-order valence-electron chi connectivity index (χ3n) is 5.48. The molecule has 6 nitrogen and oxygen atoms in total. The standard InChI is InChI=1S/C18H22N6/c1-2-4-17-16(3-1)21-13-24(17)14-5-7-22(11-14)12-15-9-20-18-10-19-6-8-23(15)18/h6,8-10,13-14H,1-5,7,11-12H2/t14-/m0/s1. The Morgan fingerprint density at radius 2 is 2.08 bits per heavy atom. The lowest BCUT2D eigenvalue weighted by Gasteiger charge is -2.20. The maximum atomic E-state index is 4.67. The van der Waals surface area contributed by atoms with Gasteiger partial charge in [-0.05, 0) is 32.1 Å². The minimum Gasteiger partial charge on any atom is -0.330 e. The number of hydrogen-bond acceptors (Lipinski definition) is 4. The summed E-state index contributed by atoms with van der Waals surface area (Å²) in [6.07, 6.45) is 15.9. The highest BCUT2D eigenvalue weighted by atomic mass is 15.2. The first-order valence-corrected chi connectivity index (χ1v) is 8.91. The lowest BCUT2D eigenvalue weighted by molar-refractivity contribution is 0.310. The SMILES string of the molecule is c1cn2c(CN3CC[C@H](n4cnc5c4CCCC5)C3)cnc2cn1. The molecule has 0 amide bonds. The smallest absolute Gasteiger partial charge is 0.155 e. The van der Waals surface area contributed by atoms with Gasteiger partial charge in [-0.2, -0.15) is 0 Å². The molecule has 0 N–H and O–H groups in total. The van der Waals surface area contributed by atoms with Gasteiger partial charge in [-0.15, -0.1) is 0 Å². The predicted molar refractivity (Wildman–Crippen MR) is 90.8 cm³/mol. The molecule has 1 saturated heterocycles. The van der Waals surface area contributed by atoms with E-state index in [1.54, 1.807) is 0 Å². The molecule has 1 fully saturated rings. The van der Waals surface area contributed by atoms with E-state index >= 15 is 0 Å². The average molecular weight is 322 g/mol.